The van der Waals surface area contributed by atoms with Crippen LogP contribution in [0.2, 0.25) is 0 Å². The maximum atomic E-state index is 11.2. The van der Waals surface area contributed by atoms with Gasteiger partial charge < -0.3 is 9.64 Å². The normalized spacial score (nSPS) is 10.6. The Bertz CT molecular complexity index is 349. The third-order valence-corrected chi connectivity index (χ3v) is 3.34. The van der Waals surface area contributed by atoms with Crippen LogP contribution in [0.1, 0.15) is 15.9 Å². The molecular weight excluding hydrogens is 234 g/mol. The van der Waals surface area contributed by atoms with E-state index in [1.165, 1.54) is 12.7 Å². The highest BCUT2D eigenvalue weighted by atomic mass is 32.2. The van der Waals surface area contributed by atoms with Gasteiger partial charge in [-0.25, -0.2) is 4.79 Å². The highest BCUT2D eigenvalue weighted by Gasteiger charge is 2.04. The average Bonchev–Trinajstić information content (AvgIpc) is 2.34. The van der Waals surface area contributed by atoms with Crippen molar-refractivity contribution in [2.75, 3.05) is 33.5 Å². The van der Waals surface area contributed by atoms with E-state index >= 15 is 0 Å². The van der Waals surface area contributed by atoms with E-state index < -0.39 is 0 Å². The largest absolute Gasteiger partial charge is 0.465 e. The Kier molecular flexibility index (Phi) is 6.08. The molecule has 0 aliphatic rings. The van der Waals surface area contributed by atoms with Crippen LogP contribution >= 0.6 is 11.8 Å². The lowest BCUT2D eigenvalue weighted by Crippen LogP contribution is -2.14. The molecule has 0 amide bonds. The van der Waals surface area contributed by atoms with Gasteiger partial charge in [-0.15, -0.1) is 0 Å². The first kappa shape index (κ1) is 14.1. The van der Waals surface area contributed by atoms with Crippen molar-refractivity contribution in [1.29, 1.82) is 0 Å². The lowest BCUT2D eigenvalue weighted by atomic mass is 10.1. The Balaban J connectivity index is 2.38. The summed E-state index contributed by atoms with van der Waals surface area (Å²) in [5.41, 5.74) is 1.84. The molecule has 0 aromatic heterocycles. The van der Waals surface area contributed by atoms with Gasteiger partial charge in [-0.2, -0.15) is 11.8 Å². The summed E-state index contributed by atoms with van der Waals surface area (Å²) < 4.78 is 4.65. The second kappa shape index (κ2) is 7.35. The van der Waals surface area contributed by atoms with Gasteiger partial charge >= 0.3 is 5.97 Å². The first-order chi connectivity index (χ1) is 8.13. The van der Waals surface area contributed by atoms with Crippen LogP contribution in [0.4, 0.5) is 0 Å². The molecule has 0 saturated carbocycles. The molecule has 3 nitrogen and oxygen atoms in total. The predicted molar refractivity (Wildman–Crippen MR) is 72.5 cm³/mol. The number of methoxy groups -OCH3 is 1. The quantitative estimate of drug-likeness (QED) is 0.574. The number of benzene rings is 1. The Morgan fingerprint density at radius 3 is 2.47 bits per heavy atom. The fourth-order valence-corrected chi connectivity index (χ4v) is 2.36. The first-order valence-electron chi connectivity index (χ1n) is 5.53. The molecule has 1 aromatic rings. The molecule has 1 rings (SSSR count). The average molecular weight is 253 g/mol. The van der Waals surface area contributed by atoms with Crippen LogP contribution < -0.4 is 0 Å². The molecule has 0 fully saturated rings. The van der Waals surface area contributed by atoms with Crippen LogP contribution in [-0.4, -0.2) is 44.4 Å². The number of thioether (sulfide) groups is 1. The zero-order valence-electron chi connectivity index (χ0n) is 10.6. The second-order valence-electron chi connectivity index (χ2n) is 4.04. The molecule has 0 bridgehead atoms. The first-order valence-corrected chi connectivity index (χ1v) is 6.68. The molecule has 0 aliphatic heterocycles. The third kappa shape index (κ3) is 5.24. The van der Waals surface area contributed by atoms with Gasteiger partial charge in [-0.1, -0.05) is 12.1 Å². The fourth-order valence-electron chi connectivity index (χ4n) is 1.29. The van der Waals surface area contributed by atoms with Gasteiger partial charge in [0, 0.05) is 18.1 Å². The Hall–Kier alpha value is -1.00. The van der Waals surface area contributed by atoms with Gasteiger partial charge in [0.25, 0.3) is 0 Å². The van der Waals surface area contributed by atoms with Crippen LogP contribution in [0.3, 0.4) is 0 Å². The second-order valence-corrected chi connectivity index (χ2v) is 5.15. The Morgan fingerprint density at radius 2 is 1.94 bits per heavy atom. The predicted octanol–water partition coefficient (Wildman–Crippen LogP) is 2.27. The van der Waals surface area contributed by atoms with E-state index in [0.717, 1.165) is 18.1 Å². The SMILES string of the molecule is COC(=O)c1ccc(CSCCN(C)C)cc1. The number of esters is 1. The molecule has 94 valence electrons. The van der Waals surface area contributed by atoms with E-state index in [2.05, 4.69) is 23.7 Å². The zero-order valence-corrected chi connectivity index (χ0v) is 11.4. The summed E-state index contributed by atoms with van der Waals surface area (Å²) in [6.07, 6.45) is 0. The van der Waals surface area contributed by atoms with E-state index in [-0.39, 0.29) is 5.97 Å². The summed E-state index contributed by atoms with van der Waals surface area (Å²) in [7, 11) is 5.55. The van der Waals surface area contributed by atoms with Crippen LogP contribution in [0, 0.1) is 0 Å². The molecule has 0 N–H and O–H groups in total. The van der Waals surface area contributed by atoms with Crippen molar-refractivity contribution in [2.24, 2.45) is 0 Å². The van der Waals surface area contributed by atoms with Gasteiger partial charge in [0.15, 0.2) is 0 Å². The number of ether oxygens (including phenoxy) is 1. The van der Waals surface area contributed by atoms with Gasteiger partial charge in [0.2, 0.25) is 0 Å². The lowest BCUT2D eigenvalue weighted by molar-refractivity contribution is 0.0601. The maximum absolute atomic E-state index is 11.2. The van der Waals surface area contributed by atoms with Crippen molar-refractivity contribution < 1.29 is 9.53 Å². The summed E-state index contributed by atoms with van der Waals surface area (Å²) in [6.45, 7) is 1.09. The number of hydrogen-bond donors (Lipinski definition) is 0. The summed E-state index contributed by atoms with van der Waals surface area (Å²) in [5, 5.41) is 0. The third-order valence-electron chi connectivity index (χ3n) is 2.33. The minimum Gasteiger partial charge on any atom is -0.465 e. The van der Waals surface area contributed by atoms with Gasteiger partial charge in [0.1, 0.15) is 0 Å². The van der Waals surface area contributed by atoms with Crippen molar-refractivity contribution in [2.45, 2.75) is 5.75 Å². The van der Waals surface area contributed by atoms with E-state index in [4.69, 9.17) is 0 Å². The number of nitrogens with zero attached hydrogens (tertiary/aromatic N) is 1. The Morgan fingerprint density at radius 1 is 1.29 bits per heavy atom. The summed E-state index contributed by atoms with van der Waals surface area (Å²) in [4.78, 5) is 13.4. The van der Waals surface area contributed by atoms with Crippen molar-refractivity contribution in [3.05, 3.63) is 35.4 Å². The van der Waals surface area contributed by atoms with Crippen molar-refractivity contribution in [3.63, 3.8) is 0 Å². The zero-order chi connectivity index (χ0) is 12.7. The van der Waals surface area contributed by atoms with Crippen LogP contribution in [0.25, 0.3) is 0 Å². The van der Waals surface area contributed by atoms with Crippen LogP contribution in [0.15, 0.2) is 24.3 Å². The summed E-state index contributed by atoms with van der Waals surface area (Å²) >= 11 is 1.90. The fraction of sp³-hybridized carbons (Fsp3) is 0.462. The van der Waals surface area contributed by atoms with E-state index in [1.54, 1.807) is 0 Å². The van der Waals surface area contributed by atoms with Gasteiger partial charge in [0.05, 0.1) is 12.7 Å². The minimum atomic E-state index is -0.281. The molecular formula is C13H19NO2S. The number of hydrogen-bond acceptors (Lipinski definition) is 4. The number of carbonyl (C=O) groups excluding carboxylic acids is 1. The minimum absolute atomic E-state index is 0.281. The molecule has 0 radical (unpaired) electrons. The van der Waals surface area contributed by atoms with Crippen LogP contribution in [-0.2, 0) is 10.5 Å². The molecule has 0 unspecified atom stereocenters. The summed E-state index contributed by atoms with van der Waals surface area (Å²) in [5.74, 6) is 1.82. The molecule has 1 aromatic carbocycles. The number of carbonyl (C=O) groups is 1. The molecule has 0 heterocycles. The number of rotatable bonds is 6. The molecule has 17 heavy (non-hydrogen) atoms. The van der Waals surface area contributed by atoms with E-state index in [1.807, 2.05) is 36.0 Å². The lowest BCUT2D eigenvalue weighted by Gasteiger charge is -2.08. The van der Waals surface area contributed by atoms with Gasteiger partial charge in [-0.05, 0) is 31.8 Å². The molecule has 0 aliphatic carbocycles. The molecule has 0 atom stereocenters. The highest BCUT2D eigenvalue weighted by molar-refractivity contribution is 7.98. The standard InChI is InChI=1S/C13H19NO2S/c1-14(2)8-9-17-10-11-4-6-12(7-5-11)13(15)16-3/h4-7H,8-10H2,1-3H3. The van der Waals surface area contributed by atoms with E-state index in [9.17, 15) is 4.79 Å². The van der Waals surface area contributed by atoms with Crippen LogP contribution in [0.5, 0.6) is 0 Å². The van der Waals surface area contributed by atoms with Crippen molar-refractivity contribution in [3.8, 4) is 0 Å². The van der Waals surface area contributed by atoms with Crippen molar-refractivity contribution in [1.82, 2.24) is 4.90 Å². The summed E-state index contributed by atoms with van der Waals surface area (Å²) in [6, 6.07) is 7.59. The molecule has 4 heteroatoms. The molecule has 0 saturated heterocycles. The van der Waals surface area contributed by atoms with Crippen molar-refractivity contribution >= 4 is 17.7 Å². The smallest absolute Gasteiger partial charge is 0.337 e. The van der Waals surface area contributed by atoms with Gasteiger partial charge in [-0.3, -0.25) is 0 Å². The molecule has 0 spiro atoms. The highest BCUT2D eigenvalue weighted by Crippen LogP contribution is 2.13. The maximum Gasteiger partial charge on any atom is 0.337 e. The monoisotopic (exact) mass is 253 g/mol. The topological polar surface area (TPSA) is 29.5 Å². The Labute approximate surface area is 107 Å². The van der Waals surface area contributed by atoms with E-state index in [0.29, 0.717) is 5.56 Å².